The smallest absolute Gasteiger partial charge is 0.185 e. The highest BCUT2D eigenvalue weighted by Crippen LogP contribution is 2.35. The Hall–Kier alpha value is -2.87. The van der Waals surface area contributed by atoms with E-state index in [4.69, 9.17) is 15.2 Å². The van der Waals surface area contributed by atoms with Gasteiger partial charge in [-0.1, -0.05) is 12.1 Å². The fourth-order valence-electron chi connectivity index (χ4n) is 3.54. The highest BCUT2D eigenvalue weighted by atomic mass is 32.1. The molecule has 4 heterocycles. The van der Waals surface area contributed by atoms with Crippen molar-refractivity contribution in [2.45, 2.75) is 19.1 Å². The third kappa shape index (κ3) is 3.79. The van der Waals surface area contributed by atoms with Crippen LogP contribution in [0, 0.1) is 5.82 Å². The number of fused-ring (bicyclic) bond motifs is 1. The normalized spacial score (nSPS) is 15.0. The lowest BCUT2D eigenvalue weighted by molar-refractivity contribution is -0.183. The maximum Gasteiger partial charge on any atom is 0.185 e. The first kappa shape index (κ1) is 19.1. The van der Waals surface area contributed by atoms with Crippen LogP contribution in [0.25, 0.3) is 20.8 Å². The molecule has 5 nitrogen and oxygen atoms in total. The lowest BCUT2D eigenvalue weighted by Crippen LogP contribution is -2.17. The van der Waals surface area contributed by atoms with Crippen molar-refractivity contribution in [3.63, 3.8) is 0 Å². The summed E-state index contributed by atoms with van der Waals surface area (Å²) < 4.78 is 26.6. The second-order valence-electron chi connectivity index (χ2n) is 7.23. The van der Waals surface area contributed by atoms with Gasteiger partial charge in [0.05, 0.1) is 34.0 Å². The molecule has 152 valence electrons. The highest BCUT2D eigenvalue weighted by molar-refractivity contribution is 7.22. The molecule has 0 atom stereocenters. The number of nitrogen functional groups attached to an aromatic ring is 1. The number of halogens is 1. The van der Waals surface area contributed by atoms with E-state index in [0.717, 1.165) is 38.3 Å². The van der Waals surface area contributed by atoms with Crippen molar-refractivity contribution in [1.29, 1.82) is 0 Å². The van der Waals surface area contributed by atoms with E-state index in [0.29, 0.717) is 30.9 Å². The van der Waals surface area contributed by atoms with Gasteiger partial charge in [0.1, 0.15) is 5.82 Å². The molecule has 1 aliphatic heterocycles. The molecular weight excluding hydrogens is 401 g/mol. The van der Waals surface area contributed by atoms with Crippen LogP contribution >= 0.6 is 11.3 Å². The molecule has 5 rings (SSSR count). The van der Waals surface area contributed by atoms with E-state index in [1.807, 2.05) is 24.3 Å². The van der Waals surface area contributed by atoms with Crippen LogP contribution in [0.1, 0.15) is 29.4 Å². The lowest BCUT2D eigenvalue weighted by Gasteiger charge is -2.23. The fraction of sp³-hybridized carbons (Fsp3) is 0.217. The number of nitrogens with two attached hydrogens (primary N) is 1. The van der Waals surface area contributed by atoms with Gasteiger partial charge in [0, 0.05) is 30.1 Å². The predicted molar refractivity (Wildman–Crippen MR) is 116 cm³/mol. The van der Waals surface area contributed by atoms with Crippen LogP contribution in [0.3, 0.4) is 0 Å². The number of nitrogens with zero attached hydrogens (tertiary/aromatic N) is 2. The Bertz CT molecular complexity index is 1190. The van der Waals surface area contributed by atoms with Crippen molar-refractivity contribution >= 4 is 27.2 Å². The van der Waals surface area contributed by atoms with Gasteiger partial charge in [-0.15, -0.1) is 11.3 Å². The zero-order valence-electron chi connectivity index (χ0n) is 16.2. The Morgan fingerprint density at radius 3 is 2.67 bits per heavy atom. The summed E-state index contributed by atoms with van der Waals surface area (Å²) in [5, 5.41) is 0. The maximum atomic E-state index is 14.3. The van der Waals surface area contributed by atoms with Crippen LogP contribution in [0.2, 0.25) is 0 Å². The number of aromatic nitrogens is 2. The van der Waals surface area contributed by atoms with Gasteiger partial charge in [-0.25, -0.2) is 4.39 Å². The average Bonchev–Trinajstić information content (AvgIpc) is 3.22. The molecule has 0 unspecified atom stereocenters. The first-order chi connectivity index (χ1) is 14.7. The minimum absolute atomic E-state index is 0.291. The van der Waals surface area contributed by atoms with Crippen molar-refractivity contribution in [3.05, 3.63) is 77.4 Å². The zero-order valence-corrected chi connectivity index (χ0v) is 17.0. The van der Waals surface area contributed by atoms with Crippen molar-refractivity contribution < 1.29 is 13.9 Å². The number of hydrogen-bond donors (Lipinski definition) is 1. The van der Waals surface area contributed by atoms with E-state index in [1.165, 1.54) is 6.07 Å². The van der Waals surface area contributed by atoms with Gasteiger partial charge in [-0.05, 0) is 47.9 Å². The molecule has 2 N–H and O–H groups in total. The quantitative estimate of drug-likeness (QED) is 0.464. The second kappa shape index (κ2) is 8.10. The molecule has 0 radical (unpaired) electrons. The van der Waals surface area contributed by atoms with Crippen molar-refractivity contribution in [3.8, 4) is 10.6 Å². The van der Waals surface area contributed by atoms with E-state index in [1.54, 1.807) is 35.9 Å². The zero-order chi connectivity index (χ0) is 20.5. The van der Waals surface area contributed by atoms with E-state index in [2.05, 4.69) is 9.97 Å². The number of pyridine rings is 2. The third-order valence-corrected chi connectivity index (χ3v) is 6.31. The summed E-state index contributed by atoms with van der Waals surface area (Å²) in [5.41, 5.74) is 10.4. The van der Waals surface area contributed by atoms with Gasteiger partial charge in [-0.3, -0.25) is 9.97 Å². The van der Waals surface area contributed by atoms with Crippen LogP contribution in [-0.2, 0) is 15.9 Å². The Morgan fingerprint density at radius 2 is 1.90 bits per heavy atom. The SMILES string of the molecule is Nc1ccc(Cc2ccnc3cc(-c4ccc(C5OCCCO5)cn4)sc23)c(F)c1. The first-order valence-electron chi connectivity index (χ1n) is 9.78. The van der Waals surface area contributed by atoms with E-state index < -0.39 is 0 Å². The lowest BCUT2D eigenvalue weighted by atomic mass is 10.0. The number of ether oxygens (including phenoxy) is 2. The summed E-state index contributed by atoms with van der Waals surface area (Å²) in [6.45, 7) is 1.40. The van der Waals surface area contributed by atoms with Crippen molar-refractivity contribution in [2.24, 2.45) is 0 Å². The molecule has 1 aliphatic rings. The molecule has 0 saturated carbocycles. The molecule has 0 aliphatic carbocycles. The molecule has 0 amide bonds. The van der Waals surface area contributed by atoms with Crippen LogP contribution < -0.4 is 5.73 Å². The van der Waals surface area contributed by atoms with Crippen molar-refractivity contribution in [2.75, 3.05) is 18.9 Å². The Kier molecular flexibility index (Phi) is 5.16. The number of rotatable bonds is 4. The van der Waals surface area contributed by atoms with Crippen LogP contribution in [-0.4, -0.2) is 23.2 Å². The highest BCUT2D eigenvalue weighted by Gasteiger charge is 2.18. The molecule has 7 heteroatoms. The standard InChI is InChI=1S/C23H20FN3O2S/c24-18-11-17(25)4-2-14(18)10-15-6-7-26-20-12-21(30-22(15)20)19-5-3-16(13-27-19)23-28-8-1-9-29-23/h2-7,11-13,23H,1,8-10,25H2. The second-order valence-corrected chi connectivity index (χ2v) is 8.28. The molecule has 1 saturated heterocycles. The topological polar surface area (TPSA) is 70.3 Å². The summed E-state index contributed by atoms with van der Waals surface area (Å²) >= 11 is 1.61. The van der Waals surface area contributed by atoms with E-state index >= 15 is 0 Å². The van der Waals surface area contributed by atoms with Gasteiger partial charge in [-0.2, -0.15) is 0 Å². The van der Waals surface area contributed by atoms with Gasteiger partial charge in [0.15, 0.2) is 6.29 Å². The number of thiophene rings is 1. The van der Waals surface area contributed by atoms with Gasteiger partial charge < -0.3 is 15.2 Å². The molecule has 4 aromatic rings. The summed E-state index contributed by atoms with van der Waals surface area (Å²) in [4.78, 5) is 10.1. The maximum absolute atomic E-state index is 14.3. The number of anilines is 1. The Morgan fingerprint density at radius 1 is 1.03 bits per heavy atom. The molecule has 30 heavy (non-hydrogen) atoms. The summed E-state index contributed by atoms with van der Waals surface area (Å²) in [6.07, 6.45) is 4.62. The van der Waals surface area contributed by atoms with Gasteiger partial charge >= 0.3 is 0 Å². The minimum Gasteiger partial charge on any atom is -0.399 e. The van der Waals surface area contributed by atoms with E-state index in [9.17, 15) is 4.39 Å². The van der Waals surface area contributed by atoms with Crippen LogP contribution in [0.5, 0.6) is 0 Å². The van der Waals surface area contributed by atoms with Crippen LogP contribution in [0.4, 0.5) is 10.1 Å². The monoisotopic (exact) mass is 421 g/mol. The van der Waals surface area contributed by atoms with Crippen molar-refractivity contribution in [1.82, 2.24) is 9.97 Å². The summed E-state index contributed by atoms with van der Waals surface area (Å²) in [6, 6.07) is 12.7. The largest absolute Gasteiger partial charge is 0.399 e. The minimum atomic E-state index is -0.342. The summed E-state index contributed by atoms with van der Waals surface area (Å²) in [5.74, 6) is -0.291. The fourth-order valence-corrected chi connectivity index (χ4v) is 4.64. The average molecular weight is 421 g/mol. The molecule has 0 bridgehead atoms. The first-order valence-corrected chi connectivity index (χ1v) is 10.6. The Balaban J connectivity index is 1.44. The molecular formula is C23H20FN3O2S. The molecule has 1 aromatic carbocycles. The Labute approximate surface area is 177 Å². The van der Waals surface area contributed by atoms with Gasteiger partial charge in [0.25, 0.3) is 0 Å². The molecule has 1 fully saturated rings. The van der Waals surface area contributed by atoms with Crippen LogP contribution in [0.15, 0.2) is 54.9 Å². The number of benzene rings is 1. The summed E-state index contributed by atoms with van der Waals surface area (Å²) in [7, 11) is 0. The third-order valence-electron chi connectivity index (χ3n) is 5.09. The van der Waals surface area contributed by atoms with E-state index in [-0.39, 0.29) is 12.1 Å². The number of hydrogen-bond acceptors (Lipinski definition) is 6. The molecule has 0 spiro atoms. The molecule has 3 aromatic heterocycles. The van der Waals surface area contributed by atoms with Gasteiger partial charge in [0.2, 0.25) is 0 Å². The predicted octanol–water partition coefficient (Wildman–Crippen LogP) is 5.11.